The van der Waals surface area contributed by atoms with Crippen LogP contribution in [-0.4, -0.2) is 57.1 Å². The van der Waals surface area contributed by atoms with Crippen molar-refractivity contribution in [2.24, 2.45) is 0 Å². The molecule has 2 amide bonds. The molecule has 0 radical (unpaired) electrons. The van der Waals surface area contributed by atoms with Gasteiger partial charge in [-0.05, 0) is 58.0 Å². The minimum Gasteiger partial charge on any atom is -0.378 e. The molecule has 8 nitrogen and oxygen atoms in total. The van der Waals surface area contributed by atoms with Gasteiger partial charge >= 0.3 is 0 Å². The summed E-state index contributed by atoms with van der Waals surface area (Å²) < 4.78 is 0. The molecule has 0 fully saturated rings. The van der Waals surface area contributed by atoms with Crippen molar-refractivity contribution >= 4 is 46.3 Å². The Morgan fingerprint density at radius 1 is 0.950 bits per heavy atom. The molecule has 4 aromatic rings. The average Bonchev–Trinajstić information content (AvgIpc) is 3.39. The largest absolute Gasteiger partial charge is 0.378 e. The Bertz CT molecular complexity index is 1450. The Morgan fingerprint density at radius 3 is 2.23 bits per heavy atom. The molecule has 4 rings (SSSR count). The first kappa shape index (κ1) is 29.2. The van der Waals surface area contributed by atoms with Gasteiger partial charge in [0.1, 0.15) is 10.5 Å². The Kier molecular flexibility index (Phi) is 9.21. The summed E-state index contributed by atoms with van der Waals surface area (Å²) in [5.74, 6) is -0.396. The molecule has 0 spiro atoms. The van der Waals surface area contributed by atoms with Crippen molar-refractivity contribution in [1.82, 2.24) is 19.9 Å². The molecule has 2 heterocycles. The van der Waals surface area contributed by atoms with E-state index in [1.807, 2.05) is 98.9 Å². The van der Waals surface area contributed by atoms with Crippen molar-refractivity contribution < 1.29 is 9.59 Å². The van der Waals surface area contributed by atoms with Crippen molar-refractivity contribution in [3.05, 3.63) is 82.4 Å². The molecule has 0 aliphatic heterocycles. The second kappa shape index (κ2) is 12.6. The van der Waals surface area contributed by atoms with Crippen LogP contribution in [0.25, 0.3) is 11.3 Å². The highest BCUT2D eigenvalue weighted by molar-refractivity contribution is 7.99. The van der Waals surface area contributed by atoms with E-state index in [4.69, 9.17) is 4.98 Å². The van der Waals surface area contributed by atoms with Crippen LogP contribution in [0.4, 0.5) is 11.4 Å². The lowest BCUT2D eigenvalue weighted by Crippen LogP contribution is -2.55. The molecular formula is C30H34N6O2S2. The number of anilines is 2. The normalized spacial score (nSPS) is 11.2. The van der Waals surface area contributed by atoms with E-state index in [0.29, 0.717) is 10.8 Å². The molecule has 10 heteroatoms. The summed E-state index contributed by atoms with van der Waals surface area (Å²) >= 11 is 2.74. The molecule has 0 atom stereocenters. The Hall–Kier alpha value is -3.76. The second-order valence-corrected chi connectivity index (χ2v) is 12.0. The molecule has 0 unspecified atom stereocenters. The number of nitrogens with zero attached hydrogens (tertiary/aromatic N) is 5. The first-order valence-electron chi connectivity index (χ1n) is 12.9. The van der Waals surface area contributed by atoms with E-state index in [-0.39, 0.29) is 24.1 Å². The molecular weight excluding hydrogens is 541 g/mol. The zero-order valence-electron chi connectivity index (χ0n) is 23.6. The minimum atomic E-state index is -1.17. The van der Waals surface area contributed by atoms with Gasteiger partial charge in [-0.25, -0.2) is 15.0 Å². The van der Waals surface area contributed by atoms with Gasteiger partial charge in [-0.15, -0.1) is 11.3 Å². The third-order valence-corrected chi connectivity index (χ3v) is 8.04. The topological polar surface area (TPSA) is 91.3 Å². The fourth-order valence-corrected chi connectivity index (χ4v) is 5.69. The summed E-state index contributed by atoms with van der Waals surface area (Å²) in [5.41, 5.74) is 4.05. The van der Waals surface area contributed by atoms with E-state index in [1.54, 1.807) is 18.7 Å². The van der Waals surface area contributed by atoms with E-state index in [2.05, 4.69) is 15.3 Å². The van der Waals surface area contributed by atoms with Crippen LogP contribution in [0.5, 0.6) is 0 Å². The standard InChI is InChI=1S/C30H34N6O2S2/c1-20-16-21(2)32-29(31-20)40-19-27(37)36(17-26-34-25(18-39-26)22-10-8-7-9-11-22)30(3,4)28(38)33-23-12-14-24(15-13-23)35(5)6/h7-16,18H,17,19H2,1-6H3,(H,33,38). The number of benzene rings is 2. The summed E-state index contributed by atoms with van der Waals surface area (Å²) in [4.78, 5) is 44.6. The van der Waals surface area contributed by atoms with Crippen LogP contribution in [-0.2, 0) is 16.1 Å². The van der Waals surface area contributed by atoms with Crippen molar-refractivity contribution in [1.29, 1.82) is 0 Å². The van der Waals surface area contributed by atoms with Crippen LogP contribution >= 0.6 is 23.1 Å². The van der Waals surface area contributed by atoms with Gasteiger partial charge in [-0.1, -0.05) is 42.1 Å². The minimum absolute atomic E-state index is 0.0913. The maximum atomic E-state index is 13.7. The zero-order valence-corrected chi connectivity index (χ0v) is 25.3. The summed E-state index contributed by atoms with van der Waals surface area (Å²) in [6.45, 7) is 7.52. The van der Waals surface area contributed by atoms with Gasteiger partial charge in [0, 0.05) is 47.8 Å². The fraction of sp³-hybridized carbons (Fsp3) is 0.300. The number of hydrogen-bond donors (Lipinski definition) is 1. The van der Waals surface area contributed by atoms with E-state index in [0.717, 1.165) is 33.3 Å². The number of rotatable bonds is 10. The number of nitrogens with one attached hydrogen (secondary N) is 1. The summed E-state index contributed by atoms with van der Waals surface area (Å²) in [5, 5.41) is 6.25. The van der Waals surface area contributed by atoms with Gasteiger partial charge in [0.25, 0.3) is 0 Å². The number of thioether (sulfide) groups is 1. The summed E-state index contributed by atoms with van der Waals surface area (Å²) in [7, 11) is 3.92. The number of thiazole rings is 1. The van der Waals surface area contributed by atoms with E-state index in [9.17, 15) is 9.59 Å². The van der Waals surface area contributed by atoms with Crippen molar-refractivity contribution in [2.75, 3.05) is 30.1 Å². The quantitative estimate of drug-likeness (QED) is 0.188. The van der Waals surface area contributed by atoms with E-state index < -0.39 is 5.54 Å². The Morgan fingerprint density at radius 2 is 1.60 bits per heavy atom. The number of carbonyl (C=O) groups excluding carboxylic acids is 2. The van der Waals surface area contributed by atoms with Gasteiger partial charge in [0.05, 0.1) is 18.0 Å². The van der Waals surface area contributed by atoms with Gasteiger partial charge in [0.15, 0.2) is 5.16 Å². The lowest BCUT2D eigenvalue weighted by molar-refractivity contribution is -0.142. The van der Waals surface area contributed by atoms with Crippen LogP contribution in [0.15, 0.2) is 71.2 Å². The van der Waals surface area contributed by atoms with Crippen LogP contribution in [0, 0.1) is 13.8 Å². The first-order valence-corrected chi connectivity index (χ1v) is 14.7. The van der Waals surface area contributed by atoms with Gasteiger partial charge < -0.3 is 15.1 Å². The van der Waals surface area contributed by atoms with Crippen molar-refractivity contribution in [3.8, 4) is 11.3 Å². The lowest BCUT2D eigenvalue weighted by Gasteiger charge is -2.37. The average molecular weight is 575 g/mol. The molecule has 208 valence electrons. The van der Waals surface area contributed by atoms with Gasteiger partial charge in [-0.3, -0.25) is 9.59 Å². The molecule has 2 aromatic carbocycles. The maximum absolute atomic E-state index is 13.7. The van der Waals surface area contributed by atoms with Crippen LogP contribution in [0.3, 0.4) is 0 Å². The van der Waals surface area contributed by atoms with Gasteiger partial charge in [0.2, 0.25) is 11.8 Å². The molecule has 0 aliphatic carbocycles. The third-order valence-electron chi connectivity index (χ3n) is 6.37. The number of aromatic nitrogens is 3. The highest BCUT2D eigenvalue weighted by Gasteiger charge is 2.38. The predicted octanol–water partition coefficient (Wildman–Crippen LogP) is 5.82. The predicted molar refractivity (Wildman–Crippen MR) is 164 cm³/mol. The van der Waals surface area contributed by atoms with Crippen LogP contribution in [0.1, 0.15) is 30.2 Å². The van der Waals surface area contributed by atoms with Crippen molar-refractivity contribution in [3.63, 3.8) is 0 Å². The maximum Gasteiger partial charge on any atom is 0.249 e. The monoisotopic (exact) mass is 574 g/mol. The Balaban J connectivity index is 1.57. The number of hydrogen-bond acceptors (Lipinski definition) is 8. The Labute approximate surface area is 243 Å². The molecule has 0 saturated heterocycles. The lowest BCUT2D eigenvalue weighted by atomic mass is 10.0. The van der Waals surface area contributed by atoms with Crippen molar-refractivity contribution in [2.45, 2.75) is 44.9 Å². The highest BCUT2D eigenvalue weighted by Crippen LogP contribution is 2.28. The summed E-state index contributed by atoms with van der Waals surface area (Å²) in [6.07, 6.45) is 0. The highest BCUT2D eigenvalue weighted by atomic mass is 32.2. The molecule has 0 bridgehead atoms. The molecule has 2 aromatic heterocycles. The molecule has 1 N–H and O–H groups in total. The second-order valence-electron chi connectivity index (χ2n) is 10.1. The fourth-order valence-electron chi connectivity index (χ4n) is 4.07. The van der Waals surface area contributed by atoms with E-state index >= 15 is 0 Å². The number of aryl methyl sites for hydroxylation is 2. The van der Waals surface area contributed by atoms with Gasteiger partial charge in [-0.2, -0.15) is 0 Å². The molecule has 0 aliphatic rings. The molecule has 0 saturated carbocycles. The van der Waals surface area contributed by atoms with E-state index in [1.165, 1.54) is 23.1 Å². The SMILES string of the molecule is Cc1cc(C)nc(SCC(=O)N(Cc2nc(-c3ccccc3)cs2)C(C)(C)C(=O)Nc2ccc(N(C)C)cc2)n1. The number of amides is 2. The number of carbonyl (C=O) groups is 2. The first-order chi connectivity index (χ1) is 19.0. The zero-order chi connectivity index (χ0) is 28.9. The smallest absolute Gasteiger partial charge is 0.249 e. The third kappa shape index (κ3) is 7.25. The van der Waals surface area contributed by atoms with Crippen LogP contribution < -0.4 is 10.2 Å². The summed E-state index contributed by atoms with van der Waals surface area (Å²) in [6, 6.07) is 19.4. The van der Waals surface area contributed by atoms with Crippen LogP contribution in [0.2, 0.25) is 0 Å². The molecule has 40 heavy (non-hydrogen) atoms.